The molecule has 8 nitrogen and oxygen atoms in total. The SMILES string of the molecule is COC(=O)c1ccc(-c2ccc(C[C@H](CC(=O)C3CCC(CNC(=O)OC(C)(C)C)CC3)C(=O)O)cc2)c(C)c1. The predicted octanol–water partition coefficient (Wildman–Crippen LogP) is 5.98. The van der Waals surface area contributed by atoms with Crippen LogP contribution in [0.5, 0.6) is 0 Å². The topological polar surface area (TPSA) is 119 Å². The Morgan fingerprint density at radius 1 is 1.00 bits per heavy atom. The molecule has 0 aliphatic heterocycles. The highest BCUT2D eigenvalue weighted by Gasteiger charge is 2.30. The van der Waals surface area contributed by atoms with Crippen molar-refractivity contribution in [1.29, 1.82) is 0 Å². The van der Waals surface area contributed by atoms with Crippen LogP contribution in [0, 0.1) is 24.7 Å². The van der Waals surface area contributed by atoms with E-state index in [4.69, 9.17) is 9.47 Å². The highest BCUT2D eigenvalue weighted by atomic mass is 16.6. The number of aliphatic carboxylic acids is 1. The number of hydrogen-bond donors (Lipinski definition) is 2. The first-order valence-electron chi connectivity index (χ1n) is 13.9. The first-order chi connectivity index (χ1) is 18.9. The zero-order valence-corrected chi connectivity index (χ0v) is 24.1. The molecule has 2 N–H and O–H groups in total. The quantitative estimate of drug-likeness (QED) is 0.349. The Bertz CT molecular complexity index is 1200. The molecular weight excluding hydrogens is 510 g/mol. The maximum atomic E-state index is 13.0. The van der Waals surface area contributed by atoms with Crippen LogP contribution in [0.3, 0.4) is 0 Å². The van der Waals surface area contributed by atoms with E-state index in [1.807, 2.05) is 58.0 Å². The summed E-state index contributed by atoms with van der Waals surface area (Å²) in [5.74, 6) is -2.00. The van der Waals surface area contributed by atoms with Crippen molar-refractivity contribution in [2.75, 3.05) is 13.7 Å². The Kier molecular flexibility index (Phi) is 10.5. The van der Waals surface area contributed by atoms with E-state index in [9.17, 15) is 24.3 Å². The second-order valence-corrected chi connectivity index (χ2v) is 11.7. The Hall–Kier alpha value is -3.68. The Labute approximate surface area is 236 Å². The lowest BCUT2D eigenvalue weighted by Gasteiger charge is -2.29. The predicted molar refractivity (Wildman–Crippen MR) is 152 cm³/mol. The number of amides is 1. The molecule has 1 aliphatic carbocycles. The number of alkyl carbamates (subject to hydrolysis) is 1. The minimum Gasteiger partial charge on any atom is -0.481 e. The van der Waals surface area contributed by atoms with E-state index in [0.717, 1.165) is 35.1 Å². The first kappa shape index (κ1) is 30.9. The molecule has 1 atom stereocenters. The number of aryl methyl sites for hydroxylation is 1. The summed E-state index contributed by atoms with van der Waals surface area (Å²) in [4.78, 5) is 48.7. The molecule has 0 radical (unpaired) electrons. The van der Waals surface area contributed by atoms with Crippen LogP contribution in [0.4, 0.5) is 4.79 Å². The molecule has 1 amide bonds. The van der Waals surface area contributed by atoms with Gasteiger partial charge in [-0.25, -0.2) is 9.59 Å². The summed E-state index contributed by atoms with van der Waals surface area (Å²) >= 11 is 0. The highest BCUT2D eigenvalue weighted by Crippen LogP contribution is 2.31. The summed E-state index contributed by atoms with van der Waals surface area (Å²) in [6, 6.07) is 13.0. The number of methoxy groups -OCH3 is 1. The second kappa shape index (κ2) is 13.6. The number of carbonyl (C=O) groups is 4. The third-order valence-corrected chi connectivity index (χ3v) is 7.43. The molecule has 216 valence electrons. The van der Waals surface area contributed by atoms with Gasteiger partial charge in [0, 0.05) is 18.9 Å². The average Bonchev–Trinajstić information content (AvgIpc) is 2.90. The summed E-state index contributed by atoms with van der Waals surface area (Å²) < 4.78 is 10.1. The minimum absolute atomic E-state index is 0.00360. The molecule has 3 rings (SSSR count). The maximum Gasteiger partial charge on any atom is 0.407 e. The smallest absolute Gasteiger partial charge is 0.407 e. The Morgan fingerprint density at radius 3 is 2.20 bits per heavy atom. The number of esters is 1. The average molecular weight is 552 g/mol. The molecule has 0 unspecified atom stereocenters. The van der Waals surface area contributed by atoms with Crippen molar-refractivity contribution in [3.8, 4) is 11.1 Å². The minimum atomic E-state index is -0.970. The van der Waals surface area contributed by atoms with Crippen molar-refractivity contribution >= 4 is 23.8 Å². The van der Waals surface area contributed by atoms with E-state index in [1.165, 1.54) is 7.11 Å². The van der Waals surface area contributed by atoms with Crippen LogP contribution in [0.15, 0.2) is 42.5 Å². The molecule has 0 aromatic heterocycles. The number of benzene rings is 2. The third-order valence-electron chi connectivity index (χ3n) is 7.43. The maximum absolute atomic E-state index is 13.0. The summed E-state index contributed by atoms with van der Waals surface area (Å²) in [5, 5.41) is 12.7. The second-order valence-electron chi connectivity index (χ2n) is 11.7. The Balaban J connectivity index is 1.52. The highest BCUT2D eigenvalue weighted by molar-refractivity contribution is 5.90. The molecule has 40 heavy (non-hydrogen) atoms. The molecule has 0 spiro atoms. The summed E-state index contributed by atoms with van der Waals surface area (Å²) in [5.41, 5.74) is 3.65. The first-order valence-corrected chi connectivity index (χ1v) is 13.9. The fourth-order valence-electron chi connectivity index (χ4n) is 5.22. The van der Waals surface area contributed by atoms with Gasteiger partial charge in [-0.15, -0.1) is 0 Å². The van der Waals surface area contributed by atoms with Crippen LogP contribution in [-0.4, -0.2) is 48.2 Å². The number of carboxylic acid groups (broad SMARTS) is 1. The van der Waals surface area contributed by atoms with Crippen LogP contribution in [-0.2, 0) is 25.5 Å². The van der Waals surface area contributed by atoms with Crippen LogP contribution >= 0.6 is 0 Å². The molecule has 0 heterocycles. The standard InChI is InChI=1S/C32H41NO7/c1-20-16-25(30(37)39-5)14-15-27(20)23-10-6-21(7-11-23)17-26(29(35)36)18-28(34)24-12-8-22(9-13-24)19-33-31(38)40-32(2,3)4/h6-7,10-11,14-16,22,24,26H,8-9,12-13,17-19H2,1-5H3,(H,33,38)(H,35,36)/t22?,24?,26-/m1/s1. The van der Waals surface area contributed by atoms with Gasteiger partial charge in [0.25, 0.3) is 0 Å². The number of Topliss-reactive ketones (excluding diaryl/α,β-unsaturated/α-hetero) is 1. The van der Waals surface area contributed by atoms with E-state index in [2.05, 4.69) is 5.32 Å². The fraction of sp³-hybridized carbons (Fsp3) is 0.500. The van der Waals surface area contributed by atoms with E-state index in [1.54, 1.807) is 12.1 Å². The lowest BCUT2D eigenvalue weighted by Crippen LogP contribution is -2.36. The number of carbonyl (C=O) groups excluding carboxylic acids is 3. The molecule has 8 heteroatoms. The van der Waals surface area contributed by atoms with Crippen molar-refractivity contribution in [2.24, 2.45) is 17.8 Å². The molecular formula is C32H41NO7. The van der Waals surface area contributed by atoms with E-state index >= 15 is 0 Å². The normalized spacial score (nSPS) is 17.9. The number of ketones is 1. The number of hydrogen-bond acceptors (Lipinski definition) is 6. The van der Waals surface area contributed by atoms with E-state index in [-0.39, 0.29) is 36.4 Å². The number of nitrogens with one attached hydrogen (secondary N) is 1. The summed E-state index contributed by atoms with van der Waals surface area (Å²) in [6.45, 7) is 7.89. The van der Waals surface area contributed by atoms with E-state index < -0.39 is 23.6 Å². The van der Waals surface area contributed by atoms with Crippen molar-refractivity contribution in [3.63, 3.8) is 0 Å². The van der Waals surface area contributed by atoms with Gasteiger partial charge < -0.3 is 19.9 Å². The van der Waals surface area contributed by atoms with Gasteiger partial charge in [0.2, 0.25) is 0 Å². The van der Waals surface area contributed by atoms with Gasteiger partial charge in [0.05, 0.1) is 18.6 Å². The van der Waals surface area contributed by atoms with E-state index in [0.29, 0.717) is 24.9 Å². The van der Waals surface area contributed by atoms with Gasteiger partial charge in [0.1, 0.15) is 11.4 Å². The van der Waals surface area contributed by atoms with Crippen LogP contribution in [0.2, 0.25) is 0 Å². The zero-order valence-electron chi connectivity index (χ0n) is 24.1. The largest absolute Gasteiger partial charge is 0.481 e. The molecule has 2 aromatic carbocycles. The van der Waals surface area contributed by atoms with Gasteiger partial charge >= 0.3 is 18.0 Å². The molecule has 1 saturated carbocycles. The number of carboxylic acids is 1. The van der Waals surface area contributed by atoms with Crippen LogP contribution < -0.4 is 5.32 Å². The van der Waals surface area contributed by atoms with Gasteiger partial charge in [-0.05, 0) is 100 Å². The Morgan fingerprint density at radius 2 is 1.65 bits per heavy atom. The summed E-state index contributed by atoms with van der Waals surface area (Å²) in [6.07, 6.45) is 2.88. The van der Waals surface area contributed by atoms with Crippen LogP contribution in [0.25, 0.3) is 11.1 Å². The zero-order chi connectivity index (χ0) is 29.4. The molecule has 2 aromatic rings. The molecule has 1 aliphatic rings. The third kappa shape index (κ3) is 8.93. The number of ether oxygens (including phenoxy) is 2. The lowest BCUT2D eigenvalue weighted by atomic mass is 9.77. The fourth-order valence-corrected chi connectivity index (χ4v) is 5.22. The summed E-state index contributed by atoms with van der Waals surface area (Å²) in [7, 11) is 1.35. The number of rotatable bonds is 10. The van der Waals surface area contributed by atoms with Crippen LogP contribution in [0.1, 0.15) is 74.4 Å². The van der Waals surface area contributed by atoms with Crippen molar-refractivity contribution < 1.29 is 33.8 Å². The molecule has 0 bridgehead atoms. The van der Waals surface area contributed by atoms with Crippen molar-refractivity contribution in [1.82, 2.24) is 5.32 Å². The molecule has 0 saturated heterocycles. The monoisotopic (exact) mass is 551 g/mol. The lowest BCUT2D eigenvalue weighted by molar-refractivity contribution is -0.144. The van der Waals surface area contributed by atoms with Crippen molar-refractivity contribution in [2.45, 2.75) is 71.8 Å². The van der Waals surface area contributed by atoms with Gasteiger partial charge in [0.15, 0.2) is 0 Å². The molecule has 1 fully saturated rings. The van der Waals surface area contributed by atoms with Gasteiger partial charge in [-0.1, -0.05) is 30.3 Å². The van der Waals surface area contributed by atoms with Gasteiger partial charge in [-0.3, -0.25) is 9.59 Å². The van der Waals surface area contributed by atoms with Crippen molar-refractivity contribution in [3.05, 3.63) is 59.2 Å². The van der Waals surface area contributed by atoms with Gasteiger partial charge in [-0.2, -0.15) is 0 Å².